The summed E-state index contributed by atoms with van der Waals surface area (Å²) in [5, 5.41) is 5.76. The monoisotopic (exact) mass is 381 g/mol. The summed E-state index contributed by atoms with van der Waals surface area (Å²) in [6, 6.07) is 14.6. The van der Waals surface area contributed by atoms with Gasteiger partial charge < -0.3 is 15.4 Å². The van der Waals surface area contributed by atoms with Gasteiger partial charge in [-0.3, -0.25) is 14.5 Å². The number of ether oxygens (including phenoxy) is 1. The van der Waals surface area contributed by atoms with Crippen molar-refractivity contribution in [1.82, 2.24) is 4.90 Å². The summed E-state index contributed by atoms with van der Waals surface area (Å²) in [5.74, 6) is 0.350. The van der Waals surface area contributed by atoms with E-state index >= 15 is 0 Å². The molecular formula is C22H27N3O3. The molecule has 2 aromatic carbocycles. The van der Waals surface area contributed by atoms with Gasteiger partial charge in [-0.05, 0) is 62.7 Å². The SMILES string of the molecule is COc1ccc(NC(=O)c2ccccc2NC(=O)CN2CCCC[C@@H]2C)cc1. The fourth-order valence-electron chi connectivity index (χ4n) is 3.43. The number of likely N-dealkylation sites (tertiary alicyclic amines) is 1. The fraction of sp³-hybridized carbons (Fsp3) is 0.364. The molecule has 1 saturated heterocycles. The van der Waals surface area contributed by atoms with Gasteiger partial charge in [-0.25, -0.2) is 0 Å². The Morgan fingerprint density at radius 1 is 1.07 bits per heavy atom. The first-order chi connectivity index (χ1) is 13.6. The Morgan fingerprint density at radius 2 is 1.82 bits per heavy atom. The second-order valence-corrected chi connectivity index (χ2v) is 7.09. The largest absolute Gasteiger partial charge is 0.497 e. The van der Waals surface area contributed by atoms with Crippen molar-refractivity contribution in [3.63, 3.8) is 0 Å². The van der Waals surface area contributed by atoms with Crippen LogP contribution in [-0.2, 0) is 4.79 Å². The number of nitrogens with zero attached hydrogens (tertiary/aromatic N) is 1. The molecule has 0 aliphatic carbocycles. The van der Waals surface area contributed by atoms with Crippen LogP contribution in [0.5, 0.6) is 5.75 Å². The first-order valence-corrected chi connectivity index (χ1v) is 9.65. The van der Waals surface area contributed by atoms with Gasteiger partial charge in [0.2, 0.25) is 5.91 Å². The minimum Gasteiger partial charge on any atom is -0.497 e. The van der Waals surface area contributed by atoms with Crippen LogP contribution in [0, 0.1) is 0 Å². The Hall–Kier alpha value is -2.86. The molecule has 0 aromatic heterocycles. The van der Waals surface area contributed by atoms with Crippen molar-refractivity contribution in [2.45, 2.75) is 32.2 Å². The van der Waals surface area contributed by atoms with Crippen LogP contribution in [0.1, 0.15) is 36.5 Å². The zero-order chi connectivity index (χ0) is 19.9. The molecule has 0 unspecified atom stereocenters. The maximum Gasteiger partial charge on any atom is 0.257 e. The van der Waals surface area contributed by atoms with E-state index in [9.17, 15) is 9.59 Å². The van der Waals surface area contributed by atoms with Gasteiger partial charge in [-0.2, -0.15) is 0 Å². The highest BCUT2D eigenvalue weighted by atomic mass is 16.5. The number of piperidine rings is 1. The van der Waals surface area contributed by atoms with Gasteiger partial charge in [0.25, 0.3) is 5.91 Å². The van der Waals surface area contributed by atoms with Gasteiger partial charge in [0.1, 0.15) is 5.75 Å². The second kappa shape index (κ2) is 9.37. The van der Waals surface area contributed by atoms with Crippen LogP contribution in [0.25, 0.3) is 0 Å². The van der Waals surface area contributed by atoms with E-state index in [1.54, 1.807) is 49.6 Å². The fourth-order valence-corrected chi connectivity index (χ4v) is 3.43. The smallest absolute Gasteiger partial charge is 0.257 e. The predicted octanol–water partition coefficient (Wildman–Crippen LogP) is 3.76. The van der Waals surface area contributed by atoms with Crippen molar-refractivity contribution in [2.24, 2.45) is 0 Å². The molecule has 28 heavy (non-hydrogen) atoms. The number of benzene rings is 2. The van der Waals surface area contributed by atoms with Crippen LogP contribution < -0.4 is 15.4 Å². The zero-order valence-electron chi connectivity index (χ0n) is 16.4. The van der Waals surface area contributed by atoms with E-state index in [0.717, 1.165) is 25.1 Å². The topological polar surface area (TPSA) is 70.7 Å². The van der Waals surface area contributed by atoms with Crippen LogP contribution in [-0.4, -0.2) is 43.0 Å². The Labute approximate surface area is 165 Å². The summed E-state index contributed by atoms with van der Waals surface area (Å²) < 4.78 is 5.13. The lowest BCUT2D eigenvalue weighted by Gasteiger charge is -2.32. The number of carbonyl (C=O) groups excluding carboxylic acids is 2. The Kier molecular flexibility index (Phi) is 6.66. The molecular weight excluding hydrogens is 354 g/mol. The molecule has 1 fully saturated rings. The molecule has 0 spiro atoms. The number of carbonyl (C=O) groups is 2. The van der Waals surface area contributed by atoms with Crippen molar-refractivity contribution in [3.05, 3.63) is 54.1 Å². The Bertz CT molecular complexity index is 820. The zero-order valence-corrected chi connectivity index (χ0v) is 16.4. The van der Waals surface area contributed by atoms with Crippen molar-refractivity contribution >= 4 is 23.2 Å². The average Bonchev–Trinajstić information content (AvgIpc) is 2.70. The van der Waals surface area contributed by atoms with Gasteiger partial charge in [0, 0.05) is 11.7 Å². The summed E-state index contributed by atoms with van der Waals surface area (Å²) >= 11 is 0. The molecule has 1 aliphatic heterocycles. The molecule has 1 aliphatic rings. The number of para-hydroxylation sites is 1. The van der Waals surface area contributed by atoms with E-state index < -0.39 is 0 Å². The number of nitrogens with one attached hydrogen (secondary N) is 2. The lowest BCUT2D eigenvalue weighted by atomic mass is 10.0. The first-order valence-electron chi connectivity index (χ1n) is 9.65. The van der Waals surface area contributed by atoms with Gasteiger partial charge in [0.05, 0.1) is 24.9 Å². The molecule has 6 heteroatoms. The molecule has 3 rings (SSSR count). The van der Waals surface area contributed by atoms with E-state index in [4.69, 9.17) is 4.74 Å². The van der Waals surface area contributed by atoms with E-state index in [1.807, 2.05) is 6.07 Å². The quantitative estimate of drug-likeness (QED) is 0.799. The van der Waals surface area contributed by atoms with E-state index in [1.165, 1.54) is 6.42 Å². The lowest BCUT2D eigenvalue weighted by molar-refractivity contribution is -0.118. The number of anilines is 2. The van der Waals surface area contributed by atoms with Gasteiger partial charge >= 0.3 is 0 Å². The Morgan fingerprint density at radius 3 is 2.54 bits per heavy atom. The van der Waals surface area contributed by atoms with Crippen molar-refractivity contribution in [1.29, 1.82) is 0 Å². The van der Waals surface area contributed by atoms with Crippen molar-refractivity contribution in [3.8, 4) is 5.75 Å². The lowest BCUT2D eigenvalue weighted by Crippen LogP contribution is -2.42. The van der Waals surface area contributed by atoms with Crippen molar-refractivity contribution in [2.75, 3.05) is 30.8 Å². The van der Waals surface area contributed by atoms with Crippen LogP contribution in [0.15, 0.2) is 48.5 Å². The maximum absolute atomic E-state index is 12.7. The number of hydrogen-bond acceptors (Lipinski definition) is 4. The minimum absolute atomic E-state index is 0.0987. The number of hydrogen-bond donors (Lipinski definition) is 2. The van der Waals surface area contributed by atoms with E-state index in [2.05, 4.69) is 22.5 Å². The molecule has 0 radical (unpaired) electrons. The first kappa shape index (κ1) is 19.9. The maximum atomic E-state index is 12.7. The standard InChI is InChI=1S/C22H27N3O3/c1-16-7-5-6-14-25(16)15-21(26)24-20-9-4-3-8-19(20)22(27)23-17-10-12-18(28-2)13-11-17/h3-4,8-13,16H,5-7,14-15H2,1-2H3,(H,23,27)(H,24,26)/t16-/m0/s1. The minimum atomic E-state index is -0.271. The molecule has 2 N–H and O–H groups in total. The highest BCUT2D eigenvalue weighted by Crippen LogP contribution is 2.20. The predicted molar refractivity (Wildman–Crippen MR) is 111 cm³/mol. The average molecular weight is 381 g/mol. The van der Waals surface area contributed by atoms with E-state index in [-0.39, 0.29) is 11.8 Å². The number of amides is 2. The van der Waals surface area contributed by atoms with Gasteiger partial charge in [-0.1, -0.05) is 18.6 Å². The van der Waals surface area contributed by atoms with Crippen LogP contribution >= 0.6 is 0 Å². The summed E-state index contributed by atoms with van der Waals surface area (Å²) in [6.45, 7) is 3.44. The molecule has 2 aromatic rings. The highest BCUT2D eigenvalue weighted by molar-refractivity contribution is 6.10. The molecule has 148 valence electrons. The summed E-state index contributed by atoms with van der Waals surface area (Å²) in [5.41, 5.74) is 1.61. The summed E-state index contributed by atoms with van der Waals surface area (Å²) in [6.07, 6.45) is 3.46. The van der Waals surface area contributed by atoms with Crippen LogP contribution in [0.4, 0.5) is 11.4 Å². The molecule has 6 nitrogen and oxygen atoms in total. The second-order valence-electron chi connectivity index (χ2n) is 7.09. The van der Waals surface area contributed by atoms with E-state index in [0.29, 0.717) is 29.5 Å². The normalized spacial score (nSPS) is 17.0. The molecule has 1 heterocycles. The van der Waals surface area contributed by atoms with Crippen molar-refractivity contribution < 1.29 is 14.3 Å². The summed E-state index contributed by atoms with van der Waals surface area (Å²) in [4.78, 5) is 27.4. The van der Waals surface area contributed by atoms with Gasteiger partial charge in [-0.15, -0.1) is 0 Å². The Balaban J connectivity index is 1.66. The molecule has 0 saturated carbocycles. The van der Waals surface area contributed by atoms with Crippen LogP contribution in [0.3, 0.4) is 0 Å². The highest BCUT2D eigenvalue weighted by Gasteiger charge is 2.21. The molecule has 0 bridgehead atoms. The third kappa shape index (κ3) is 5.10. The molecule has 2 amide bonds. The summed E-state index contributed by atoms with van der Waals surface area (Å²) in [7, 11) is 1.59. The third-order valence-corrected chi connectivity index (χ3v) is 5.08. The van der Waals surface area contributed by atoms with Crippen LogP contribution in [0.2, 0.25) is 0 Å². The molecule has 1 atom stereocenters. The van der Waals surface area contributed by atoms with Gasteiger partial charge in [0.15, 0.2) is 0 Å². The third-order valence-electron chi connectivity index (χ3n) is 5.08. The number of methoxy groups -OCH3 is 1. The number of rotatable bonds is 6.